The van der Waals surface area contributed by atoms with Gasteiger partial charge in [0.2, 0.25) is 0 Å². The SMILES string of the molecule is S=C(NCc1ccc(CN2CCCC2)cc1)Nc1cccc(Br)c1. The van der Waals surface area contributed by atoms with E-state index in [-0.39, 0.29) is 0 Å². The predicted molar refractivity (Wildman–Crippen MR) is 108 cm³/mol. The highest BCUT2D eigenvalue weighted by atomic mass is 79.9. The molecule has 0 amide bonds. The first-order valence-corrected chi connectivity index (χ1v) is 9.50. The number of hydrogen-bond acceptors (Lipinski definition) is 2. The minimum Gasteiger partial charge on any atom is -0.358 e. The lowest BCUT2D eigenvalue weighted by Gasteiger charge is -2.15. The summed E-state index contributed by atoms with van der Waals surface area (Å²) in [4.78, 5) is 2.52. The Balaban J connectivity index is 1.46. The van der Waals surface area contributed by atoms with E-state index < -0.39 is 0 Å². The molecule has 0 aliphatic carbocycles. The van der Waals surface area contributed by atoms with Crippen molar-refractivity contribution < 1.29 is 0 Å². The van der Waals surface area contributed by atoms with Crippen LogP contribution in [0.1, 0.15) is 24.0 Å². The molecule has 0 aromatic heterocycles. The quantitative estimate of drug-likeness (QED) is 0.716. The molecule has 0 radical (unpaired) electrons. The third-order valence-corrected chi connectivity index (χ3v) is 4.90. The summed E-state index contributed by atoms with van der Waals surface area (Å²) in [6.45, 7) is 4.26. The molecular formula is C19H22BrN3S. The van der Waals surface area contributed by atoms with E-state index in [9.17, 15) is 0 Å². The number of anilines is 1. The number of nitrogens with zero attached hydrogens (tertiary/aromatic N) is 1. The third kappa shape index (κ3) is 5.30. The van der Waals surface area contributed by atoms with Gasteiger partial charge >= 0.3 is 0 Å². The second-order valence-corrected chi connectivity index (χ2v) is 7.44. The molecule has 126 valence electrons. The van der Waals surface area contributed by atoms with Crippen molar-refractivity contribution in [3.8, 4) is 0 Å². The van der Waals surface area contributed by atoms with Gasteiger partial charge in [0.25, 0.3) is 0 Å². The highest BCUT2D eigenvalue weighted by Crippen LogP contribution is 2.16. The Labute approximate surface area is 157 Å². The van der Waals surface area contributed by atoms with Gasteiger partial charge in [-0.1, -0.05) is 46.3 Å². The summed E-state index contributed by atoms with van der Waals surface area (Å²) in [5.74, 6) is 0. The summed E-state index contributed by atoms with van der Waals surface area (Å²) in [5.41, 5.74) is 3.59. The van der Waals surface area contributed by atoms with Crippen LogP contribution in [0.4, 0.5) is 5.69 Å². The minimum atomic E-state index is 0.634. The Morgan fingerprint density at radius 2 is 1.75 bits per heavy atom. The van der Waals surface area contributed by atoms with E-state index in [0.717, 1.165) is 23.2 Å². The van der Waals surface area contributed by atoms with E-state index in [2.05, 4.69) is 55.7 Å². The molecular weight excluding hydrogens is 382 g/mol. The second kappa shape index (κ2) is 8.60. The lowest BCUT2D eigenvalue weighted by molar-refractivity contribution is 0.331. The zero-order valence-electron chi connectivity index (χ0n) is 13.6. The summed E-state index contributed by atoms with van der Waals surface area (Å²) in [5, 5.41) is 7.08. The van der Waals surface area contributed by atoms with Crippen LogP contribution in [0.2, 0.25) is 0 Å². The molecule has 24 heavy (non-hydrogen) atoms. The van der Waals surface area contributed by atoms with E-state index in [1.54, 1.807) is 0 Å². The number of nitrogens with one attached hydrogen (secondary N) is 2. The van der Waals surface area contributed by atoms with Gasteiger partial charge in [-0.3, -0.25) is 4.90 Å². The number of hydrogen-bond donors (Lipinski definition) is 2. The normalized spacial score (nSPS) is 14.5. The molecule has 0 atom stereocenters. The van der Waals surface area contributed by atoms with Crippen LogP contribution in [-0.4, -0.2) is 23.1 Å². The molecule has 3 rings (SSSR count). The van der Waals surface area contributed by atoms with Crippen LogP contribution in [0.3, 0.4) is 0 Å². The van der Waals surface area contributed by atoms with Crippen LogP contribution in [0.5, 0.6) is 0 Å². The summed E-state index contributed by atoms with van der Waals surface area (Å²) in [7, 11) is 0. The Hall–Kier alpha value is -1.43. The van der Waals surface area contributed by atoms with Gasteiger partial charge in [0.1, 0.15) is 0 Å². The van der Waals surface area contributed by atoms with Gasteiger partial charge in [-0.25, -0.2) is 0 Å². The first-order valence-electron chi connectivity index (χ1n) is 8.30. The average Bonchev–Trinajstić information content (AvgIpc) is 3.07. The fourth-order valence-electron chi connectivity index (χ4n) is 2.89. The first-order chi connectivity index (χ1) is 11.7. The van der Waals surface area contributed by atoms with Crippen molar-refractivity contribution in [3.63, 3.8) is 0 Å². The number of benzene rings is 2. The average molecular weight is 404 g/mol. The zero-order valence-corrected chi connectivity index (χ0v) is 16.0. The molecule has 1 fully saturated rings. The van der Waals surface area contributed by atoms with Crippen molar-refractivity contribution in [2.24, 2.45) is 0 Å². The van der Waals surface area contributed by atoms with Gasteiger partial charge in [-0.05, 0) is 67.5 Å². The van der Waals surface area contributed by atoms with Crippen LogP contribution in [0.15, 0.2) is 53.0 Å². The summed E-state index contributed by atoms with van der Waals surface area (Å²) >= 11 is 8.81. The molecule has 1 aliphatic heterocycles. The summed E-state index contributed by atoms with van der Waals surface area (Å²) in [6, 6.07) is 16.8. The highest BCUT2D eigenvalue weighted by molar-refractivity contribution is 9.10. The molecule has 2 N–H and O–H groups in total. The molecule has 1 aliphatic rings. The molecule has 2 aromatic carbocycles. The van der Waals surface area contributed by atoms with Crippen LogP contribution < -0.4 is 10.6 Å². The molecule has 1 heterocycles. The molecule has 3 nitrogen and oxygen atoms in total. The summed E-state index contributed by atoms with van der Waals surface area (Å²) in [6.07, 6.45) is 2.68. The van der Waals surface area contributed by atoms with Crippen molar-refractivity contribution in [1.82, 2.24) is 10.2 Å². The number of halogens is 1. The van der Waals surface area contributed by atoms with Crippen LogP contribution >= 0.6 is 28.1 Å². The van der Waals surface area contributed by atoms with Crippen molar-refractivity contribution in [1.29, 1.82) is 0 Å². The molecule has 0 unspecified atom stereocenters. The Bertz CT molecular complexity index is 681. The van der Waals surface area contributed by atoms with Gasteiger partial charge in [0, 0.05) is 23.2 Å². The lowest BCUT2D eigenvalue weighted by atomic mass is 10.1. The third-order valence-electron chi connectivity index (χ3n) is 4.16. The van der Waals surface area contributed by atoms with Gasteiger partial charge in [0.05, 0.1) is 0 Å². The standard InChI is InChI=1S/C19H22BrN3S/c20-17-4-3-5-18(12-17)22-19(24)21-13-15-6-8-16(9-7-15)14-23-10-1-2-11-23/h3-9,12H,1-2,10-11,13-14H2,(H2,21,22,24). The molecule has 0 saturated carbocycles. The highest BCUT2D eigenvalue weighted by Gasteiger charge is 2.11. The van der Waals surface area contributed by atoms with Crippen molar-refractivity contribution >= 4 is 38.9 Å². The van der Waals surface area contributed by atoms with Crippen molar-refractivity contribution in [3.05, 3.63) is 64.1 Å². The maximum atomic E-state index is 5.36. The summed E-state index contributed by atoms with van der Waals surface area (Å²) < 4.78 is 1.03. The van der Waals surface area contributed by atoms with Gasteiger partial charge in [-0.2, -0.15) is 0 Å². The molecule has 0 bridgehead atoms. The van der Waals surface area contributed by atoms with Gasteiger partial charge < -0.3 is 10.6 Å². The van der Waals surface area contributed by atoms with Gasteiger partial charge in [-0.15, -0.1) is 0 Å². The van der Waals surface area contributed by atoms with Gasteiger partial charge in [0.15, 0.2) is 5.11 Å². The lowest BCUT2D eigenvalue weighted by Crippen LogP contribution is -2.27. The fraction of sp³-hybridized carbons (Fsp3) is 0.316. The van der Waals surface area contributed by atoms with Crippen LogP contribution in [-0.2, 0) is 13.1 Å². The Morgan fingerprint density at radius 1 is 1.04 bits per heavy atom. The van der Waals surface area contributed by atoms with E-state index >= 15 is 0 Å². The zero-order chi connectivity index (χ0) is 16.8. The first kappa shape index (κ1) is 17.4. The minimum absolute atomic E-state index is 0.634. The molecule has 5 heteroatoms. The number of rotatable bonds is 5. The van der Waals surface area contributed by atoms with E-state index in [4.69, 9.17) is 12.2 Å². The monoisotopic (exact) mass is 403 g/mol. The molecule has 1 saturated heterocycles. The molecule has 0 spiro atoms. The Morgan fingerprint density at radius 3 is 2.46 bits per heavy atom. The smallest absolute Gasteiger partial charge is 0.171 e. The number of likely N-dealkylation sites (tertiary alicyclic amines) is 1. The molecule has 2 aromatic rings. The largest absolute Gasteiger partial charge is 0.358 e. The van der Waals surface area contributed by atoms with Crippen molar-refractivity contribution in [2.75, 3.05) is 18.4 Å². The van der Waals surface area contributed by atoms with Crippen LogP contribution in [0, 0.1) is 0 Å². The maximum Gasteiger partial charge on any atom is 0.171 e. The van der Waals surface area contributed by atoms with Crippen LogP contribution in [0.25, 0.3) is 0 Å². The predicted octanol–water partition coefficient (Wildman–Crippen LogP) is 4.53. The number of thiocarbonyl (C=S) groups is 1. The maximum absolute atomic E-state index is 5.36. The van der Waals surface area contributed by atoms with E-state index in [1.165, 1.54) is 37.1 Å². The Kier molecular flexibility index (Phi) is 6.24. The van der Waals surface area contributed by atoms with E-state index in [1.807, 2.05) is 24.3 Å². The second-order valence-electron chi connectivity index (χ2n) is 6.12. The van der Waals surface area contributed by atoms with Crippen molar-refractivity contribution in [2.45, 2.75) is 25.9 Å². The fourth-order valence-corrected chi connectivity index (χ4v) is 3.47. The topological polar surface area (TPSA) is 27.3 Å². The van der Waals surface area contributed by atoms with E-state index in [0.29, 0.717) is 5.11 Å².